The fourth-order valence-electron chi connectivity index (χ4n) is 2.94. The van der Waals surface area contributed by atoms with Crippen LogP contribution in [0.4, 0.5) is 0 Å². The molecule has 3 heterocycles. The van der Waals surface area contributed by atoms with Crippen LogP contribution in [0.3, 0.4) is 0 Å². The molecule has 21 heavy (non-hydrogen) atoms. The van der Waals surface area contributed by atoms with Gasteiger partial charge in [0, 0.05) is 34.6 Å². The van der Waals surface area contributed by atoms with Crippen LogP contribution in [0.2, 0.25) is 0 Å². The maximum Gasteiger partial charge on any atom is 0.142 e. The van der Waals surface area contributed by atoms with Gasteiger partial charge in [-0.25, -0.2) is 4.98 Å². The van der Waals surface area contributed by atoms with E-state index in [0.29, 0.717) is 6.04 Å². The normalized spacial score (nSPS) is 14.6. The topological polar surface area (TPSA) is 30.7 Å². The lowest BCUT2D eigenvalue weighted by Crippen LogP contribution is -1.98. The second kappa shape index (κ2) is 4.81. The van der Waals surface area contributed by atoms with E-state index in [0.717, 1.165) is 16.4 Å². The van der Waals surface area contributed by atoms with Crippen LogP contribution in [0.1, 0.15) is 30.3 Å². The van der Waals surface area contributed by atoms with Gasteiger partial charge in [0.2, 0.25) is 0 Å². The van der Waals surface area contributed by atoms with E-state index in [9.17, 15) is 0 Å². The first-order chi connectivity index (χ1) is 10.2. The molecule has 1 saturated carbocycles. The van der Waals surface area contributed by atoms with E-state index < -0.39 is 0 Å². The maximum absolute atomic E-state index is 4.79. The molecule has 0 radical (unpaired) electrons. The minimum absolute atomic E-state index is 0.715. The molecule has 4 heteroatoms. The second-order valence-electron chi connectivity index (χ2n) is 5.64. The lowest BCUT2D eigenvalue weighted by Gasteiger charge is -2.06. The van der Waals surface area contributed by atoms with Crippen LogP contribution in [-0.2, 0) is 0 Å². The summed E-state index contributed by atoms with van der Waals surface area (Å²) >= 11 is 1.66. The smallest absolute Gasteiger partial charge is 0.142 e. The number of aryl methyl sites for hydroxylation is 1. The van der Waals surface area contributed by atoms with Crippen LogP contribution in [0, 0.1) is 13.8 Å². The second-order valence-corrected chi connectivity index (χ2v) is 6.50. The largest absolute Gasteiger partial charge is 0.345 e. The van der Waals surface area contributed by atoms with E-state index in [1.165, 1.54) is 29.8 Å². The summed E-state index contributed by atoms with van der Waals surface area (Å²) in [6.07, 6.45) is 4.44. The van der Waals surface area contributed by atoms with E-state index in [2.05, 4.69) is 34.8 Å². The van der Waals surface area contributed by atoms with Crippen molar-refractivity contribution in [3.8, 4) is 22.0 Å². The predicted octanol–water partition coefficient (Wildman–Crippen LogP) is 4.63. The van der Waals surface area contributed by atoms with Gasteiger partial charge in [0.1, 0.15) is 5.01 Å². The van der Waals surface area contributed by atoms with E-state index in [1.54, 1.807) is 11.3 Å². The van der Waals surface area contributed by atoms with Crippen LogP contribution < -0.4 is 0 Å². The number of hydrogen-bond donors (Lipinski definition) is 0. The highest BCUT2D eigenvalue weighted by Crippen LogP contribution is 2.40. The average molecular weight is 295 g/mol. The zero-order valence-corrected chi connectivity index (χ0v) is 13.0. The number of hydrogen-bond acceptors (Lipinski definition) is 3. The molecular weight excluding hydrogens is 278 g/mol. The highest BCUT2D eigenvalue weighted by Gasteiger charge is 2.27. The molecule has 0 saturated heterocycles. The van der Waals surface area contributed by atoms with Gasteiger partial charge < -0.3 is 4.57 Å². The van der Waals surface area contributed by atoms with Gasteiger partial charge in [-0.1, -0.05) is 6.07 Å². The Balaban J connectivity index is 1.75. The lowest BCUT2D eigenvalue weighted by atomic mass is 10.2. The third kappa shape index (κ3) is 2.20. The molecule has 1 aliphatic rings. The fraction of sp³-hybridized carbons (Fsp3) is 0.294. The molecule has 1 fully saturated rings. The number of pyridine rings is 1. The monoisotopic (exact) mass is 295 g/mol. The van der Waals surface area contributed by atoms with Crippen molar-refractivity contribution in [1.29, 1.82) is 0 Å². The van der Waals surface area contributed by atoms with Gasteiger partial charge in [0.05, 0.1) is 11.4 Å². The Morgan fingerprint density at radius 2 is 2.05 bits per heavy atom. The SMILES string of the molecule is Cc1cc(-c2csc(-c3ccccn3)n2)c(C)n1C1CC1. The van der Waals surface area contributed by atoms with Gasteiger partial charge in [-0.05, 0) is 44.9 Å². The third-order valence-electron chi connectivity index (χ3n) is 4.06. The minimum atomic E-state index is 0.715. The van der Waals surface area contributed by atoms with Gasteiger partial charge in [-0.15, -0.1) is 11.3 Å². The van der Waals surface area contributed by atoms with Gasteiger partial charge in [0.15, 0.2) is 0 Å². The van der Waals surface area contributed by atoms with Crippen molar-refractivity contribution in [3.05, 3.63) is 47.2 Å². The first-order valence-corrected chi connectivity index (χ1v) is 8.18. The Labute approximate surface area is 128 Å². The molecule has 0 spiro atoms. The summed E-state index contributed by atoms with van der Waals surface area (Å²) < 4.78 is 2.47. The molecule has 106 valence electrons. The van der Waals surface area contributed by atoms with Crippen molar-refractivity contribution in [2.24, 2.45) is 0 Å². The molecular formula is C17H17N3S. The Bertz CT molecular complexity index is 782. The van der Waals surface area contributed by atoms with Crippen LogP contribution in [0.5, 0.6) is 0 Å². The molecule has 3 aromatic rings. The molecule has 3 nitrogen and oxygen atoms in total. The van der Waals surface area contributed by atoms with Crippen molar-refractivity contribution in [3.63, 3.8) is 0 Å². The Kier molecular flexibility index (Phi) is 2.93. The summed E-state index contributed by atoms with van der Waals surface area (Å²) in [4.78, 5) is 9.17. The van der Waals surface area contributed by atoms with Crippen molar-refractivity contribution in [1.82, 2.24) is 14.5 Å². The molecule has 0 N–H and O–H groups in total. The highest BCUT2D eigenvalue weighted by molar-refractivity contribution is 7.13. The van der Waals surface area contributed by atoms with E-state index in [4.69, 9.17) is 4.98 Å². The van der Waals surface area contributed by atoms with E-state index in [1.807, 2.05) is 24.4 Å². The molecule has 0 aromatic carbocycles. The Morgan fingerprint density at radius 3 is 2.76 bits per heavy atom. The number of rotatable bonds is 3. The number of thiazole rings is 1. The van der Waals surface area contributed by atoms with Crippen molar-refractivity contribution in [2.75, 3.05) is 0 Å². The summed E-state index contributed by atoms with van der Waals surface area (Å²) in [5, 5.41) is 3.13. The first-order valence-electron chi connectivity index (χ1n) is 7.30. The zero-order chi connectivity index (χ0) is 14.4. The molecule has 0 amide bonds. The molecule has 3 aromatic heterocycles. The third-order valence-corrected chi connectivity index (χ3v) is 4.93. The quantitative estimate of drug-likeness (QED) is 0.705. The average Bonchev–Trinajstić information content (AvgIpc) is 3.12. The highest BCUT2D eigenvalue weighted by atomic mass is 32.1. The number of aromatic nitrogens is 3. The van der Waals surface area contributed by atoms with Gasteiger partial charge in [0.25, 0.3) is 0 Å². The van der Waals surface area contributed by atoms with Gasteiger partial charge in [-0.2, -0.15) is 0 Å². The number of nitrogens with zero attached hydrogens (tertiary/aromatic N) is 3. The fourth-order valence-corrected chi connectivity index (χ4v) is 3.73. The van der Waals surface area contributed by atoms with Crippen molar-refractivity contribution in [2.45, 2.75) is 32.7 Å². The summed E-state index contributed by atoms with van der Waals surface area (Å²) in [5.41, 5.74) is 5.97. The van der Waals surface area contributed by atoms with Crippen LogP contribution in [0.15, 0.2) is 35.8 Å². The van der Waals surface area contributed by atoms with E-state index >= 15 is 0 Å². The van der Waals surface area contributed by atoms with Gasteiger partial charge in [-0.3, -0.25) is 4.98 Å². The first kappa shape index (κ1) is 12.8. The molecule has 0 bridgehead atoms. The zero-order valence-electron chi connectivity index (χ0n) is 12.2. The Morgan fingerprint density at radius 1 is 1.19 bits per heavy atom. The summed E-state index contributed by atoms with van der Waals surface area (Å²) in [6.45, 7) is 4.40. The van der Waals surface area contributed by atoms with Crippen LogP contribution >= 0.6 is 11.3 Å². The standard InChI is InChI=1S/C17H17N3S/c1-11-9-14(12(2)20(11)13-6-7-13)16-10-21-17(19-16)15-5-3-4-8-18-15/h3-5,8-10,13H,6-7H2,1-2H3. The van der Waals surface area contributed by atoms with E-state index in [-0.39, 0.29) is 0 Å². The Hall–Kier alpha value is -1.94. The summed E-state index contributed by atoms with van der Waals surface area (Å²) in [7, 11) is 0. The molecule has 0 unspecified atom stereocenters. The molecule has 0 aliphatic heterocycles. The molecule has 0 atom stereocenters. The van der Waals surface area contributed by atoms with Crippen LogP contribution in [0.25, 0.3) is 22.0 Å². The molecule has 4 rings (SSSR count). The van der Waals surface area contributed by atoms with Crippen molar-refractivity contribution < 1.29 is 0 Å². The van der Waals surface area contributed by atoms with Gasteiger partial charge >= 0.3 is 0 Å². The van der Waals surface area contributed by atoms with Crippen molar-refractivity contribution >= 4 is 11.3 Å². The maximum atomic E-state index is 4.79. The summed E-state index contributed by atoms with van der Waals surface area (Å²) in [5.74, 6) is 0. The van der Waals surface area contributed by atoms with Crippen LogP contribution in [-0.4, -0.2) is 14.5 Å². The minimum Gasteiger partial charge on any atom is -0.345 e. The predicted molar refractivity (Wildman–Crippen MR) is 86.5 cm³/mol. The molecule has 1 aliphatic carbocycles. The summed E-state index contributed by atoms with van der Waals surface area (Å²) in [6, 6.07) is 8.93. The lowest BCUT2D eigenvalue weighted by molar-refractivity contribution is 0.700.